The zero-order valence-corrected chi connectivity index (χ0v) is 44.9. The molecule has 0 spiro atoms. The first-order chi connectivity index (χ1) is 39.2. The Bertz CT molecular complexity index is 4260. The Hall–Kier alpha value is -7.66. The number of rotatable bonds is 9. The average Bonchev–Trinajstić information content (AvgIpc) is 3.09. The molecule has 0 fully saturated rings. The fourth-order valence-electron chi connectivity index (χ4n) is 9.12. The van der Waals surface area contributed by atoms with Crippen LogP contribution in [-0.2, 0) is 37.3 Å². The maximum Gasteiger partial charge on any atom is 0.233 e. The van der Waals surface area contributed by atoms with Crippen molar-refractivity contribution < 1.29 is 44.1 Å². The van der Waals surface area contributed by atoms with E-state index in [-0.39, 0.29) is 71.0 Å². The third kappa shape index (κ3) is 9.79. The van der Waals surface area contributed by atoms with E-state index in [1.54, 1.807) is 41.0 Å². The Morgan fingerprint density at radius 1 is 0.541 bits per heavy atom. The van der Waals surface area contributed by atoms with Gasteiger partial charge < -0.3 is 13.9 Å². The molecule has 0 N–H and O–H groups in total. The molecule has 0 saturated carbocycles. The van der Waals surface area contributed by atoms with E-state index in [2.05, 4.69) is 128 Å². The topological polar surface area (TPSA) is 48.8 Å². The van der Waals surface area contributed by atoms with E-state index in [0.29, 0.717) is 22.9 Å². The fourth-order valence-corrected chi connectivity index (χ4v) is 9.12. The van der Waals surface area contributed by atoms with Crippen LogP contribution in [0.2, 0.25) is 0 Å². The third-order valence-corrected chi connectivity index (χ3v) is 13.1. The Labute approximate surface area is 464 Å². The summed E-state index contributed by atoms with van der Waals surface area (Å²) in [6.07, 6.45) is 5.30. The number of benzene rings is 8. The molecular weight excluding hydrogens is 1090 g/mol. The van der Waals surface area contributed by atoms with E-state index in [9.17, 15) is 5.48 Å². The zero-order chi connectivity index (χ0) is 59.4. The van der Waals surface area contributed by atoms with Gasteiger partial charge in [0.1, 0.15) is 5.82 Å². The van der Waals surface area contributed by atoms with Crippen molar-refractivity contribution in [3.8, 4) is 73.5 Å². The first-order valence-corrected chi connectivity index (χ1v) is 24.3. The van der Waals surface area contributed by atoms with Crippen molar-refractivity contribution >= 4 is 21.8 Å². The molecule has 74 heavy (non-hydrogen) atoms. The van der Waals surface area contributed by atoms with Gasteiger partial charge in [0.2, 0.25) is 12.2 Å². The van der Waals surface area contributed by atoms with Crippen LogP contribution in [0.1, 0.15) is 92.7 Å². The SMILES string of the molecule is [2H]c1c([2H])c([2H])c(-c2cccc(-c3c([2H])c([2H])c([2H])c([2H])c3[2H])c2-c2nn(-c3[c-]c(Oc4[c-]c5c(cc4)c4cc(-c6ccccc6)ccc4n5-c4cc(C(C)(C)C)ccn4)ccc3)[c-][n+]2-c2cc(C(C)(C)C)cc(C(C)(C)C)c2)c([2H])c1[2H].[Pt]. The molecule has 7 heteroatoms. The summed E-state index contributed by atoms with van der Waals surface area (Å²) >= 11 is 0. The summed E-state index contributed by atoms with van der Waals surface area (Å²) in [6.45, 7) is 19.2. The molecule has 0 aliphatic rings. The van der Waals surface area contributed by atoms with Crippen molar-refractivity contribution in [2.45, 2.75) is 78.6 Å². The monoisotopic (exact) mass is 1150 g/mol. The van der Waals surface area contributed by atoms with Crippen molar-refractivity contribution in [3.05, 3.63) is 229 Å². The van der Waals surface area contributed by atoms with Crippen molar-refractivity contribution in [3.63, 3.8) is 0 Å². The minimum Gasteiger partial charge on any atom is -0.510 e. The molecule has 0 amide bonds. The molecule has 0 aliphatic carbocycles. The minimum absolute atomic E-state index is 0. The van der Waals surface area contributed by atoms with E-state index >= 15 is 0 Å². The molecule has 0 bridgehead atoms. The molecule has 6 nitrogen and oxygen atoms in total. The predicted molar refractivity (Wildman–Crippen MR) is 298 cm³/mol. The Balaban J connectivity index is 0.00000786. The largest absolute Gasteiger partial charge is 0.510 e. The van der Waals surface area contributed by atoms with E-state index in [1.807, 2.05) is 54.7 Å². The van der Waals surface area contributed by atoms with Crippen molar-refractivity contribution in [2.24, 2.45) is 0 Å². The van der Waals surface area contributed by atoms with Crippen molar-refractivity contribution in [1.82, 2.24) is 19.3 Å². The second kappa shape index (κ2) is 19.6. The molecule has 0 aliphatic heterocycles. The van der Waals surface area contributed by atoms with Gasteiger partial charge in [-0.05, 0) is 101 Å². The number of hydrogen-bond donors (Lipinski definition) is 0. The van der Waals surface area contributed by atoms with Gasteiger partial charge in [0.15, 0.2) is 0 Å². The molecule has 11 rings (SSSR count). The summed E-state index contributed by atoms with van der Waals surface area (Å²) in [5, 5.41) is 7.22. The number of aromatic nitrogens is 5. The number of nitrogens with zero attached hydrogens (tertiary/aromatic N) is 5. The standard InChI is InChI=1S/C67H59N5O.Pt/c1-65(2,3)49-35-36-68-62(41-49)72-60-34-31-48(45-21-13-10-14-22-45)37-59(60)58-33-32-55(43-61(58)72)73-54-28-19-27-52(42-54)71-44-70(53-39-50(66(4,5)6)38-51(40-53)67(7,8)9)64(69-71)63-56(46-23-15-11-16-24-46)29-20-30-57(63)47-25-17-12-18-26-47;/h10-41H,1-9H3;/q-2;/i11D,12D,15D,16D,17D,18D,23D,24D,25D,26D;. The summed E-state index contributed by atoms with van der Waals surface area (Å²) < 4.78 is 101. The van der Waals surface area contributed by atoms with Crippen LogP contribution in [0, 0.1) is 18.5 Å². The van der Waals surface area contributed by atoms with Gasteiger partial charge in [0, 0.05) is 55.5 Å². The van der Waals surface area contributed by atoms with Crippen LogP contribution < -0.4 is 9.30 Å². The molecule has 0 unspecified atom stereocenters. The maximum atomic E-state index is 9.26. The second-order valence-electron chi connectivity index (χ2n) is 21.3. The van der Waals surface area contributed by atoms with E-state index in [1.165, 1.54) is 4.68 Å². The van der Waals surface area contributed by atoms with Crippen LogP contribution in [0.4, 0.5) is 0 Å². The van der Waals surface area contributed by atoms with E-state index < -0.39 is 60.4 Å². The van der Waals surface area contributed by atoms with Gasteiger partial charge in [-0.3, -0.25) is 0 Å². The van der Waals surface area contributed by atoms with Crippen LogP contribution in [0.25, 0.3) is 83.8 Å². The molecule has 3 aromatic heterocycles. The Kier molecular flexibility index (Phi) is 10.3. The van der Waals surface area contributed by atoms with Crippen LogP contribution in [0.3, 0.4) is 0 Å². The van der Waals surface area contributed by atoms with Gasteiger partial charge in [-0.15, -0.1) is 29.7 Å². The Morgan fingerprint density at radius 3 is 1.80 bits per heavy atom. The molecule has 3 heterocycles. The van der Waals surface area contributed by atoms with E-state index in [4.69, 9.17) is 23.0 Å². The number of ether oxygens (including phenoxy) is 1. The first kappa shape index (κ1) is 38.9. The molecule has 370 valence electrons. The number of hydrogen-bond acceptors (Lipinski definition) is 3. The first-order valence-electron chi connectivity index (χ1n) is 29.3. The molecule has 0 saturated heterocycles. The van der Waals surface area contributed by atoms with Gasteiger partial charge in [-0.1, -0.05) is 207 Å². The average molecular weight is 1160 g/mol. The van der Waals surface area contributed by atoms with Crippen molar-refractivity contribution in [2.75, 3.05) is 0 Å². The summed E-state index contributed by atoms with van der Waals surface area (Å²) in [5.41, 5.74) is 7.00. The zero-order valence-electron chi connectivity index (χ0n) is 52.7. The molecule has 11 aromatic rings. The third-order valence-electron chi connectivity index (χ3n) is 13.1. The van der Waals surface area contributed by atoms with Gasteiger partial charge >= 0.3 is 0 Å². The molecule has 8 aromatic carbocycles. The summed E-state index contributed by atoms with van der Waals surface area (Å²) in [4.78, 5) is 4.90. The van der Waals surface area contributed by atoms with Crippen LogP contribution in [0.5, 0.6) is 11.5 Å². The number of fused-ring (bicyclic) bond motifs is 3. The number of pyridine rings is 1. The Morgan fingerprint density at radius 2 is 1.16 bits per heavy atom. The van der Waals surface area contributed by atoms with Crippen LogP contribution in [0.15, 0.2) is 194 Å². The maximum absolute atomic E-state index is 9.26. The summed E-state index contributed by atoms with van der Waals surface area (Å²) in [7, 11) is 0. The molecule has 0 atom stereocenters. The predicted octanol–water partition coefficient (Wildman–Crippen LogP) is 16.4. The second-order valence-corrected chi connectivity index (χ2v) is 21.3. The normalized spacial score (nSPS) is 13.9. The summed E-state index contributed by atoms with van der Waals surface area (Å²) in [5.74, 6) is 1.54. The smallest absolute Gasteiger partial charge is 0.233 e. The molecular formula is C67H59N5OPt-2. The van der Waals surface area contributed by atoms with Crippen LogP contribution >= 0.6 is 0 Å². The van der Waals surface area contributed by atoms with Crippen molar-refractivity contribution in [1.29, 1.82) is 0 Å². The van der Waals surface area contributed by atoms with Gasteiger partial charge in [-0.2, -0.15) is 22.9 Å². The fraction of sp³-hybridized carbons (Fsp3) is 0.179. The van der Waals surface area contributed by atoms with Gasteiger partial charge in [0.25, 0.3) is 0 Å². The van der Waals surface area contributed by atoms with E-state index in [0.717, 1.165) is 55.4 Å². The quantitative estimate of drug-likeness (QED) is 0.107. The van der Waals surface area contributed by atoms with Gasteiger partial charge in [-0.25, -0.2) is 4.98 Å². The molecule has 0 radical (unpaired) electrons. The van der Waals surface area contributed by atoms with Gasteiger partial charge in [0.05, 0.1) is 13.7 Å². The minimum atomic E-state index is -0.591. The van der Waals surface area contributed by atoms with Crippen LogP contribution in [-0.4, -0.2) is 19.3 Å². The summed E-state index contributed by atoms with van der Waals surface area (Å²) in [6, 6.07) is 42.5.